The lowest BCUT2D eigenvalue weighted by atomic mass is 9.89. The van der Waals surface area contributed by atoms with Gasteiger partial charge in [0, 0.05) is 41.5 Å². The zero-order chi connectivity index (χ0) is 29.6. The highest BCUT2D eigenvalue weighted by Gasteiger charge is 2.42. The summed E-state index contributed by atoms with van der Waals surface area (Å²) in [6, 6.07) is 5.18. The molecule has 1 aliphatic heterocycles. The molecule has 0 radical (unpaired) electrons. The number of aryl methyl sites for hydroxylation is 2. The normalized spacial score (nSPS) is 19.6. The summed E-state index contributed by atoms with van der Waals surface area (Å²) in [7, 11) is 0. The van der Waals surface area contributed by atoms with Crippen molar-refractivity contribution in [3.8, 4) is 11.4 Å². The van der Waals surface area contributed by atoms with Crippen LogP contribution in [0.15, 0.2) is 39.8 Å². The predicted octanol–water partition coefficient (Wildman–Crippen LogP) is 1.40. The molecule has 4 aromatic rings. The van der Waals surface area contributed by atoms with Crippen LogP contribution in [-0.2, 0) is 22.6 Å². The molecule has 12 heteroatoms. The second-order valence-corrected chi connectivity index (χ2v) is 11.0. The Kier molecular flexibility index (Phi) is 8.01. The Morgan fingerprint density at radius 1 is 1.15 bits per heavy atom. The van der Waals surface area contributed by atoms with E-state index >= 15 is 0 Å². The second kappa shape index (κ2) is 11.2. The highest BCUT2D eigenvalue weighted by atomic mass is 17.2. The van der Waals surface area contributed by atoms with E-state index in [0.717, 1.165) is 16.6 Å². The molecule has 222 valence electrons. The standard InChI is InChI=1S/C29H36N2O10/c1-5-19-16-6-7-30-18(16)11-31(19)24-27-15(9-17-20(33)8-14(2)39-28(17)24)10-23(29(3,4)40-27)41-38-13-22(35)26(37)25(36)21(34)12-32/h6-9,11,21-23,25-26,30,32,34-37H,5,10,12-13H2,1-4H3/t21-,22+,23-,25-,26-/m1/s1. The molecule has 6 N–H and O–H groups in total. The van der Waals surface area contributed by atoms with E-state index in [2.05, 4.69) is 11.9 Å². The fraction of sp³-hybridized carbons (Fsp3) is 0.483. The molecule has 0 aliphatic carbocycles. The number of aromatic nitrogens is 2. The van der Waals surface area contributed by atoms with E-state index in [9.17, 15) is 25.2 Å². The van der Waals surface area contributed by atoms with Crippen LogP contribution in [0.2, 0.25) is 0 Å². The van der Waals surface area contributed by atoms with Crippen molar-refractivity contribution in [2.24, 2.45) is 0 Å². The summed E-state index contributed by atoms with van der Waals surface area (Å²) in [6.45, 7) is 6.10. The molecule has 0 unspecified atom stereocenters. The number of ether oxygens (including phenoxy) is 1. The minimum Gasteiger partial charge on any atom is -0.482 e. The lowest BCUT2D eigenvalue weighted by Crippen LogP contribution is -2.49. The van der Waals surface area contributed by atoms with Crippen molar-refractivity contribution in [1.29, 1.82) is 0 Å². The van der Waals surface area contributed by atoms with Crippen LogP contribution in [0.5, 0.6) is 5.75 Å². The van der Waals surface area contributed by atoms with E-state index in [1.54, 1.807) is 13.0 Å². The third-order valence-corrected chi connectivity index (χ3v) is 7.66. The van der Waals surface area contributed by atoms with Gasteiger partial charge in [0.1, 0.15) is 54.2 Å². The number of rotatable bonds is 10. The van der Waals surface area contributed by atoms with Gasteiger partial charge in [0.2, 0.25) is 0 Å². The van der Waals surface area contributed by atoms with Gasteiger partial charge in [-0.05, 0) is 39.3 Å². The van der Waals surface area contributed by atoms with Gasteiger partial charge >= 0.3 is 0 Å². The number of fused-ring (bicyclic) bond motifs is 3. The molecule has 0 amide bonds. The van der Waals surface area contributed by atoms with Crippen LogP contribution in [0.3, 0.4) is 0 Å². The second-order valence-electron chi connectivity index (χ2n) is 11.0. The Hall–Kier alpha value is -3.23. The molecule has 0 saturated heterocycles. The summed E-state index contributed by atoms with van der Waals surface area (Å²) in [5.74, 6) is 1.02. The monoisotopic (exact) mass is 572 g/mol. The third kappa shape index (κ3) is 5.28. The van der Waals surface area contributed by atoms with Gasteiger partial charge in [-0.2, -0.15) is 0 Å². The van der Waals surface area contributed by atoms with Crippen molar-refractivity contribution < 1.29 is 44.5 Å². The molecule has 41 heavy (non-hydrogen) atoms. The molecule has 5 atom stereocenters. The first kappa shape index (κ1) is 29.3. The van der Waals surface area contributed by atoms with Gasteiger partial charge in [-0.15, -0.1) is 0 Å². The smallest absolute Gasteiger partial charge is 0.193 e. The lowest BCUT2D eigenvalue weighted by Gasteiger charge is -2.39. The molecular weight excluding hydrogens is 536 g/mol. The van der Waals surface area contributed by atoms with Gasteiger partial charge in [0.05, 0.1) is 17.5 Å². The van der Waals surface area contributed by atoms with E-state index < -0.39 is 49.3 Å². The van der Waals surface area contributed by atoms with Crippen LogP contribution in [0.4, 0.5) is 0 Å². The van der Waals surface area contributed by atoms with Gasteiger partial charge in [0.15, 0.2) is 16.8 Å². The Labute approximate surface area is 235 Å². The maximum atomic E-state index is 13.1. The molecule has 0 fully saturated rings. The number of aromatic amines is 1. The van der Waals surface area contributed by atoms with Gasteiger partial charge in [-0.25, -0.2) is 9.78 Å². The van der Waals surface area contributed by atoms with Gasteiger partial charge in [0.25, 0.3) is 0 Å². The number of nitrogens with one attached hydrogen (secondary N) is 1. The van der Waals surface area contributed by atoms with Gasteiger partial charge in [-0.1, -0.05) is 6.92 Å². The number of aliphatic hydroxyl groups is 5. The average molecular weight is 573 g/mol. The molecule has 1 aliphatic rings. The minimum absolute atomic E-state index is 0.192. The van der Waals surface area contributed by atoms with Crippen molar-refractivity contribution >= 4 is 21.9 Å². The van der Waals surface area contributed by atoms with Crippen molar-refractivity contribution in [3.63, 3.8) is 0 Å². The molecule has 3 aromatic heterocycles. The van der Waals surface area contributed by atoms with Gasteiger partial charge < -0.3 is 44.2 Å². The van der Waals surface area contributed by atoms with Crippen molar-refractivity contribution in [1.82, 2.24) is 9.55 Å². The summed E-state index contributed by atoms with van der Waals surface area (Å²) in [6.07, 6.45) is -2.67. The van der Waals surface area contributed by atoms with Crippen LogP contribution >= 0.6 is 0 Å². The zero-order valence-corrected chi connectivity index (χ0v) is 23.3. The number of hydrogen-bond acceptors (Lipinski definition) is 10. The summed E-state index contributed by atoms with van der Waals surface area (Å²) in [5.41, 5.74) is 2.53. The first-order valence-electron chi connectivity index (χ1n) is 13.5. The van der Waals surface area contributed by atoms with Crippen LogP contribution in [0, 0.1) is 6.92 Å². The maximum Gasteiger partial charge on any atom is 0.193 e. The topological polar surface area (TPSA) is 180 Å². The van der Waals surface area contributed by atoms with Crippen LogP contribution in [-0.4, -0.2) is 84.4 Å². The summed E-state index contributed by atoms with van der Waals surface area (Å²) in [5, 5.41) is 50.0. The number of benzene rings is 1. The summed E-state index contributed by atoms with van der Waals surface area (Å²) < 4.78 is 14.7. The Bertz CT molecular complexity index is 1600. The number of nitrogens with zero attached hydrogens (tertiary/aromatic N) is 1. The number of H-pyrrole nitrogens is 1. The fourth-order valence-electron chi connectivity index (χ4n) is 5.33. The highest BCUT2D eigenvalue weighted by Crippen LogP contribution is 2.44. The van der Waals surface area contributed by atoms with Crippen LogP contribution in [0.25, 0.3) is 27.6 Å². The molecule has 12 nitrogen and oxygen atoms in total. The van der Waals surface area contributed by atoms with E-state index in [0.29, 0.717) is 40.2 Å². The molecule has 5 rings (SSSR count). The zero-order valence-electron chi connectivity index (χ0n) is 23.3. The van der Waals surface area contributed by atoms with E-state index in [4.69, 9.17) is 24.0 Å². The van der Waals surface area contributed by atoms with Crippen molar-refractivity contribution in [3.05, 3.63) is 57.8 Å². The van der Waals surface area contributed by atoms with Crippen LogP contribution in [0.1, 0.15) is 37.8 Å². The SMILES string of the molecule is CCc1c2cc[nH]c2cn1-c1c2c(cc3c(=O)cc(C)oc13)C[C@@H](OOC[C@H](O)[C@@H](O)[C@H](O)[C@H](O)CO)C(C)(C)O2. The molecule has 0 saturated carbocycles. The number of hydrogen-bond donors (Lipinski definition) is 6. The number of aliphatic hydroxyl groups excluding tert-OH is 5. The van der Waals surface area contributed by atoms with E-state index in [1.807, 2.05) is 36.9 Å². The maximum absolute atomic E-state index is 13.1. The fourth-order valence-corrected chi connectivity index (χ4v) is 5.33. The minimum atomic E-state index is -1.78. The predicted molar refractivity (Wildman–Crippen MR) is 148 cm³/mol. The first-order chi connectivity index (χ1) is 19.5. The first-order valence-corrected chi connectivity index (χ1v) is 13.5. The average Bonchev–Trinajstić information content (AvgIpc) is 3.52. The van der Waals surface area contributed by atoms with E-state index in [-0.39, 0.29) is 11.8 Å². The van der Waals surface area contributed by atoms with Crippen molar-refractivity contribution in [2.75, 3.05) is 13.2 Å². The largest absolute Gasteiger partial charge is 0.482 e. The Morgan fingerprint density at radius 3 is 2.59 bits per heavy atom. The highest BCUT2D eigenvalue weighted by molar-refractivity contribution is 5.92. The lowest BCUT2D eigenvalue weighted by molar-refractivity contribution is -0.358. The summed E-state index contributed by atoms with van der Waals surface area (Å²) in [4.78, 5) is 27.2. The molecule has 4 heterocycles. The third-order valence-electron chi connectivity index (χ3n) is 7.66. The molecule has 0 spiro atoms. The molecular formula is C29H36N2O10. The Balaban J connectivity index is 1.50. The molecule has 1 aromatic carbocycles. The molecule has 0 bridgehead atoms. The summed E-state index contributed by atoms with van der Waals surface area (Å²) >= 11 is 0. The van der Waals surface area contributed by atoms with Gasteiger partial charge in [-0.3, -0.25) is 4.79 Å². The van der Waals surface area contributed by atoms with Crippen molar-refractivity contribution in [2.45, 2.75) is 76.7 Å². The Morgan fingerprint density at radius 2 is 1.88 bits per heavy atom. The van der Waals surface area contributed by atoms with Crippen LogP contribution < -0.4 is 10.2 Å². The van der Waals surface area contributed by atoms with E-state index in [1.165, 1.54) is 6.07 Å². The quantitative estimate of drug-likeness (QED) is 0.120.